The largest absolute Gasteiger partial charge is 0.375 e. The van der Waals surface area contributed by atoms with Crippen molar-refractivity contribution in [3.8, 4) is 0 Å². The summed E-state index contributed by atoms with van der Waals surface area (Å²) in [5, 5.41) is 3.65. The Morgan fingerprint density at radius 2 is 2.06 bits per heavy atom. The van der Waals surface area contributed by atoms with Crippen LogP contribution in [0.25, 0.3) is 0 Å². The standard InChI is InChI=1S/C14H29NO/c1-5-10-15-14(11(2)3)9-8-13-7-6-12(4)16-13/h11-15H,5-10H2,1-4H3. The molecule has 0 aromatic carbocycles. The van der Waals surface area contributed by atoms with Gasteiger partial charge in [0.05, 0.1) is 12.2 Å². The van der Waals surface area contributed by atoms with Crippen molar-refractivity contribution in [3.63, 3.8) is 0 Å². The summed E-state index contributed by atoms with van der Waals surface area (Å²) in [6.07, 6.45) is 7.24. The maximum Gasteiger partial charge on any atom is 0.0580 e. The van der Waals surface area contributed by atoms with Gasteiger partial charge in [-0.3, -0.25) is 0 Å². The van der Waals surface area contributed by atoms with E-state index in [1.165, 1.54) is 32.1 Å². The zero-order valence-corrected chi connectivity index (χ0v) is 11.5. The molecule has 2 heteroatoms. The van der Waals surface area contributed by atoms with Crippen LogP contribution in [0.4, 0.5) is 0 Å². The first-order valence-electron chi connectivity index (χ1n) is 7.02. The van der Waals surface area contributed by atoms with E-state index >= 15 is 0 Å². The molecule has 1 heterocycles. The van der Waals surface area contributed by atoms with Crippen LogP contribution in [-0.2, 0) is 4.74 Å². The minimum atomic E-state index is 0.492. The Labute approximate surface area is 101 Å². The molecule has 96 valence electrons. The molecule has 3 atom stereocenters. The van der Waals surface area contributed by atoms with Gasteiger partial charge in [-0.15, -0.1) is 0 Å². The Morgan fingerprint density at radius 1 is 1.31 bits per heavy atom. The van der Waals surface area contributed by atoms with Crippen molar-refractivity contribution in [1.82, 2.24) is 5.32 Å². The summed E-state index contributed by atoms with van der Waals surface area (Å²) in [7, 11) is 0. The molecule has 2 nitrogen and oxygen atoms in total. The molecule has 1 N–H and O–H groups in total. The van der Waals surface area contributed by atoms with E-state index in [0.717, 1.165) is 12.5 Å². The van der Waals surface area contributed by atoms with Gasteiger partial charge in [0, 0.05) is 6.04 Å². The highest BCUT2D eigenvalue weighted by atomic mass is 16.5. The highest BCUT2D eigenvalue weighted by Gasteiger charge is 2.23. The molecule has 1 aliphatic rings. The smallest absolute Gasteiger partial charge is 0.0580 e. The normalized spacial score (nSPS) is 27.6. The van der Waals surface area contributed by atoms with Crippen molar-refractivity contribution in [2.24, 2.45) is 5.92 Å². The second-order valence-electron chi connectivity index (χ2n) is 5.53. The van der Waals surface area contributed by atoms with Crippen molar-refractivity contribution >= 4 is 0 Å². The molecule has 0 saturated carbocycles. The lowest BCUT2D eigenvalue weighted by atomic mass is 9.96. The second kappa shape index (κ2) is 7.29. The molecule has 0 amide bonds. The minimum absolute atomic E-state index is 0.492. The molecule has 0 bridgehead atoms. The van der Waals surface area contributed by atoms with Crippen LogP contribution in [0.2, 0.25) is 0 Å². The monoisotopic (exact) mass is 227 g/mol. The molecule has 0 aromatic heterocycles. The molecular formula is C14H29NO. The zero-order chi connectivity index (χ0) is 12.0. The molecular weight excluding hydrogens is 198 g/mol. The van der Waals surface area contributed by atoms with Gasteiger partial charge in [0.1, 0.15) is 0 Å². The van der Waals surface area contributed by atoms with E-state index in [4.69, 9.17) is 4.74 Å². The van der Waals surface area contributed by atoms with E-state index in [1.807, 2.05) is 0 Å². The topological polar surface area (TPSA) is 21.3 Å². The summed E-state index contributed by atoms with van der Waals surface area (Å²) in [5.74, 6) is 0.727. The SMILES string of the molecule is CCCNC(CCC1CCC(C)O1)C(C)C. The van der Waals surface area contributed by atoms with Crippen molar-refractivity contribution in [1.29, 1.82) is 0 Å². The van der Waals surface area contributed by atoms with Gasteiger partial charge in [-0.1, -0.05) is 20.8 Å². The van der Waals surface area contributed by atoms with Crippen molar-refractivity contribution in [2.45, 2.75) is 78.0 Å². The van der Waals surface area contributed by atoms with E-state index in [-0.39, 0.29) is 0 Å². The molecule has 0 aliphatic carbocycles. The third-order valence-electron chi connectivity index (χ3n) is 3.58. The number of hydrogen-bond acceptors (Lipinski definition) is 2. The number of hydrogen-bond donors (Lipinski definition) is 1. The van der Waals surface area contributed by atoms with E-state index in [9.17, 15) is 0 Å². The lowest BCUT2D eigenvalue weighted by molar-refractivity contribution is 0.0471. The van der Waals surface area contributed by atoms with Crippen molar-refractivity contribution in [2.75, 3.05) is 6.54 Å². The molecule has 1 fully saturated rings. The fourth-order valence-corrected chi connectivity index (χ4v) is 2.46. The van der Waals surface area contributed by atoms with Gasteiger partial charge >= 0.3 is 0 Å². The van der Waals surface area contributed by atoms with E-state index in [0.29, 0.717) is 18.2 Å². The summed E-state index contributed by atoms with van der Waals surface area (Å²) in [5.41, 5.74) is 0. The average molecular weight is 227 g/mol. The maximum absolute atomic E-state index is 5.87. The Kier molecular flexibility index (Phi) is 6.37. The predicted octanol–water partition coefficient (Wildman–Crippen LogP) is 3.36. The van der Waals surface area contributed by atoms with Crippen LogP contribution in [0, 0.1) is 5.92 Å². The van der Waals surface area contributed by atoms with Crippen LogP contribution in [0.5, 0.6) is 0 Å². The van der Waals surface area contributed by atoms with E-state index in [1.54, 1.807) is 0 Å². The minimum Gasteiger partial charge on any atom is -0.375 e. The van der Waals surface area contributed by atoms with Gasteiger partial charge in [0.2, 0.25) is 0 Å². The number of rotatable bonds is 7. The fourth-order valence-electron chi connectivity index (χ4n) is 2.46. The van der Waals surface area contributed by atoms with E-state index in [2.05, 4.69) is 33.0 Å². The van der Waals surface area contributed by atoms with Crippen LogP contribution in [0.3, 0.4) is 0 Å². The van der Waals surface area contributed by atoms with Crippen LogP contribution < -0.4 is 5.32 Å². The summed E-state index contributed by atoms with van der Waals surface area (Å²) in [6.45, 7) is 10.2. The first-order chi connectivity index (χ1) is 7.63. The molecule has 0 aromatic rings. The maximum atomic E-state index is 5.87. The lowest BCUT2D eigenvalue weighted by Crippen LogP contribution is -2.35. The summed E-state index contributed by atoms with van der Waals surface area (Å²) in [6, 6.07) is 0.666. The van der Waals surface area contributed by atoms with Crippen LogP contribution >= 0.6 is 0 Å². The molecule has 16 heavy (non-hydrogen) atoms. The lowest BCUT2D eigenvalue weighted by Gasteiger charge is -2.23. The van der Waals surface area contributed by atoms with Gasteiger partial charge in [-0.05, 0) is 51.5 Å². The Hall–Kier alpha value is -0.0800. The summed E-state index contributed by atoms with van der Waals surface area (Å²) < 4.78 is 5.87. The van der Waals surface area contributed by atoms with E-state index < -0.39 is 0 Å². The quantitative estimate of drug-likeness (QED) is 0.720. The third kappa shape index (κ3) is 4.84. The van der Waals surface area contributed by atoms with Crippen molar-refractivity contribution in [3.05, 3.63) is 0 Å². The van der Waals surface area contributed by atoms with Gasteiger partial charge in [-0.25, -0.2) is 0 Å². The van der Waals surface area contributed by atoms with Crippen molar-refractivity contribution < 1.29 is 4.74 Å². The zero-order valence-electron chi connectivity index (χ0n) is 11.5. The molecule has 1 rings (SSSR count). The molecule has 3 unspecified atom stereocenters. The highest BCUT2D eigenvalue weighted by molar-refractivity contribution is 4.76. The van der Waals surface area contributed by atoms with Crippen LogP contribution in [-0.4, -0.2) is 24.8 Å². The van der Waals surface area contributed by atoms with Crippen LogP contribution in [0.15, 0.2) is 0 Å². The second-order valence-corrected chi connectivity index (χ2v) is 5.53. The van der Waals surface area contributed by atoms with Gasteiger partial charge < -0.3 is 10.1 Å². The molecule has 1 aliphatic heterocycles. The molecule has 0 radical (unpaired) electrons. The van der Waals surface area contributed by atoms with Gasteiger partial charge in [-0.2, -0.15) is 0 Å². The Bertz CT molecular complexity index is 182. The number of nitrogens with one attached hydrogen (secondary N) is 1. The van der Waals surface area contributed by atoms with Gasteiger partial charge in [0.25, 0.3) is 0 Å². The molecule has 0 spiro atoms. The Morgan fingerprint density at radius 3 is 2.56 bits per heavy atom. The fraction of sp³-hybridized carbons (Fsp3) is 1.00. The number of ether oxygens (including phenoxy) is 1. The predicted molar refractivity (Wildman–Crippen MR) is 69.7 cm³/mol. The first-order valence-corrected chi connectivity index (χ1v) is 7.02. The first kappa shape index (κ1) is 14.0. The van der Waals surface area contributed by atoms with Crippen LogP contribution in [0.1, 0.15) is 59.8 Å². The molecule has 1 saturated heterocycles. The third-order valence-corrected chi connectivity index (χ3v) is 3.58. The summed E-state index contributed by atoms with van der Waals surface area (Å²) in [4.78, 5) is 0. The summed E-state index contributed by atoms with van der Waals surface area (Å²) >= 11 is 0. The van der Waals surface area contributed by atoms with Gasteiger partial charge in [0.15, 0.2) is 0 Å². The highest BCUT2D eigenvalue weighted by Crippen LogP contribution is 2.24. The Balaban J connectivity index is 2.21. The average Bonchev–Trinajstić information content (AvgIpc) is 2.64.